The van der Waals surface area contributed by atoms with Gasteiger partial charge in [-0.15, -0.1) is 18.0 Å². The average Bonchev–Trinajstić information content (AvgIpc) is 2.68. The lowest BCUT2D eigenvalue weighted by Gasteiger charge is -2.42. The summed E-state index contributed by atoms with van der Waals surface area (Å²) in [6, 6.07) is 0. The molecule has 0 aromatic heterocycles. The standard InChI is InChI=1S/C28H51F3O4SSi2/c1-15-16-25(24(9)34-36(32,33)28(29,30)31)26(35-37(13,14)27(10,11)12)19-23(8)17-18-38(20(2)3,21(4)5)22(6)7/h15,20-23,25-26H,1,9,16,19H2,2-8,10-14H3/t23-,25-,26-/m1/s1. The molecule has 0 aliphatic rings. The van der Waals surface area contributed by atoms with Crippen LogP contribution in [0, 0.1) is 23.3 Å². The first kappa shape index (κ1) is 37.0. The van der Waals surface area contributed by atoms with E-state index in [1.165, 1.54) is 6.08 Å². The molecule has 0 aromatic rings. The number of hydrogen-bond donors (Lipinski definition) is 0. The van der Waals surface area contributed by atoms with Gasteiger partial charge in [0, 0.05) is 11.8 Å². The molecule has 0 aromatic carbocycles. The summed E-state index contributed by atoms with van der Waals surface area (Å²) >= 11 is 0. The van der Waals surface area contributed by atoms with Crippen molar-refractivity contribution in [2.75, 3.05) is 0 Å². The van der Waals surface area contributed by atoms with Crippen LogP contribution in [0.4, 0.5) is 13.2 Å². The van der Waals surface area contributed by atoms with Crippen molar-refractivity contribution in [2.24, 2.45) is 11.8 Å². The van der Waals surface area contributed by atoms with Crippen molar-refractivity contribution in [3.8, 4) is 11.5 Å². The van der Waals surface area contributed by atoms with Crippen molar-refractivity contribution >= 4 is 26.5 Å². The van der Waals surface area contributed by atoms with Crippen LogP contribution in [0.3, 0.4) is 0 Å². The van der Waals surface area contributed by atoms with Crippen LogP contribution in [0.5, 0.6) is 0 Å². The van der Waals surface area contributed by atoms with Crippen LogP contribution in [0.25, 0.3) is 0 Å². The van der Waals surface area contributed by atoms with Gasteiger partial charge in [0.25, 0.3) is 0 Å². The Morgan fingerprint density at radius 2 is 1.42 bits per heavy atom. The highest BCUT2D eigenvalue weighted by atomic mass is 32.2. The molecule has 0 bridgehead atoms. The molecule has 10 heteroatoms. The Labute approximate surface area is 233 Å². The smallest absolute Gasteiger partial charge is 0.413 e. The van der Waals surface area contributed by atoms with E-state index in [1.54, 1.807) is 0 Å². The normalized spacial score (nSPS) is 16.2. The van der Waals surface area contributed by atoms with E-state index in [2.05, 4.69) is 91.1 Å². The summed E-state index contributed by atoms with van der Waals surface area (Å²) in [6.07, 6.45) is 1.41. The highest BCUT2D eigenvalue weighted by Gasteiger charge is 2.50. The third-order valence-corrected chi connectivity index (χ3v) is 19.8. The summed E-state index contributed by atoms with van der Waals surface area (Å²) < 4.78 is 74.0. The molecule has 0 amide bonds. The molecule has 0 aliphatic heterocycles. The second-order valence-electron chi connectivity index (χ2n) is 12.8. The predicted molar refractivity (Wildman–Crippen MR) is 158 cm³/mol. The van der Waals surface area contributed by atoms with Gasteiger partial charge in [-0.3, -0.25) is 0 Å². The fourth-order valence-corrected chi connectivity index (χ4v) is 12.1. The molecule has 38 heavy (non-hydrogen) atoms. The maximum absolute atomic E-state index is 13.1. The van der Waals surface area contributed by atoms with Gasteiger partial charge in [0.2, 0.25) is 0 Å². The lowest BCUT2D eigenvalue weighted by atomic mass is 9.90. The summed E-state index contributed by atoms with van der Waals surface area (Å²) in [4.78, 5) is 0. The van der Waals surface area contributed by atoms with E-state index in [-0.39, 0.29) is 17.4 Å². The van der Waals surface area contributed by atoms with E-state index in [1.807, 2.05) is 20.0 Å². The van der Waals surface area contributed by atoms with E-state index < -0.39 is 49.8 Å². The quantitative estimate of drug-likeness (QED) is 0.0531. The molecule has 0 saturated heterocycles. The molecule has 0 radical (unpaired) electrons. The Balaban J connectivity index is 6.58. The topological polar surface area (TPSA) is 52.6 Å². The van der Waals surface area contributed by atoms with E-state index >= 15 is 0 Å². The summed E-state index contributed by atoms with van der Waals surface area (Å²) in [6.45, 7) is 33.0. The highest BCUT2D eigenvalue weighted by molar-refractivity contribution is 7.87. The minimum Gasteiger partial charge on any atom is -0.413 e. The number of hydrogen-bond acceptors (Lipinski definition) is 4. The zero-order valence-corrected chi connectivity index (χ0v) is 28.4. The van der Waals surface area contributed by atoms with Crippen molar-refractivity contribution in [3.05, 3.63) is 25.0 Å². The molecule has 0 fully saturated rings. The fourth-order valence-electron chi connectivity index (χ4n) is 4.86. The number of halogens is 3. The second-order valence-corrected chi connectivity index (χ2v) is 24.7. The van der Waals surface area contributed by atoms with E-state index in [4.69, 9.17) is 4.43 Å². The monoisotopic (exact) mass is 596 g/mol. The van der Waals surface area contributed by atoms with Crippen LogP contribution >= 0.6 is 0 Å². The van der Waals surface area contributed by atoms with Gasteiger partial charge in [-0.1, -0.05) is 81.9 Å². The molecule has 0 N–H and O–H groups in total. The van der Waals surface area contributed by atoms with Gasteiger partial charge in [0.1, 0.15) is 13.8 Å². The first-order valence-electron chi connectivity index (χ1n) is 13.4. The van der Waals surface area contributed by atoms with Crippen molar-refractivity contribution in [2.45, 2.75) is 128 Å². The maximum Gasteiger partial charge on any atom is 0.534 e. The second kappa shape index (κ2) is 13.6. The Morgan fingerprint density at radius 3 is 1.76 bits per heavy atom. The van der Waals surface area contributed by atoms with Crippen molar-refractivity contribution < 1.29 is 30.2 Å². The van der Waals surface area contributed by atoms with Crippen LogP contribution in [-0.2, 0) is 18.7 Å². The molecule has 4 nitrogen and oxygen atoms in total. The molecule has 0 unspecified atom stereocenters. The van der Waals surface area contributed by atoms with E-state index in [0.717, 1.165) is 0 Å². The molecule has 3 atom stereocenters. The van der Waals surface area contributed by atoms with Crippen molar-refractivity contribution in [1.82, 2.24) is 0 Å². The Kier molecular flexibility index (Phi) is 13.2. The predicted octanol–water partition coefficient (Wildman–Crippen LogP) is 9.20. The zero-order chi connectivity index (χ0) is 30.5. The molecular weight excluding hydrogens is 546 g/mol. The van der Waals surface area contributed by atoms with Crippen LogP contribution in [-0.4, -0.2) is 36.4 Å². The zero-order valence-electron chi connectivity index (χ0n) is 25.5. The van der Waals surface area contributed by atoms with Crippen LogP contribution < -0.4 is 0 Å². The summed E-state index contributed by atoms with van der Waals surface area (Å²) in [7, 11) is -10.3. The van der Waals surface area contributed by atoms with Gasteiger partial charge in [0.15, 0.2) is 8.32 Å². The highest BCUT2D eigenvalue weighted by Crippen LogP contribution is 2.42. The van der Waals surface area contributed by atoms with Gasteiger partial charge in [-0.05, 0) is 47.6 Å². The molecule has 0 spiro atoms. The third-order valence-electron chi connectivity index (χ3n) is 8.02. The first-order valence-corrected chi connectivity index (χ1v) is 19.9. The van der Waals surface area contributed by atoms with Crippen LogP contribution in [0.2, 0.25) is 34.8 Å². The summed E-state index contributed by atoms with van der Waals surface area (Å²) in [5.74, 6) is 2.00. The lowest BCUT2D eigenvalue weighted by Crippen LogP contribution is -2.46. The van der Waals surface area contributed by atoms with Crippen LogP contribution in [0.1, 0.15) is 82.1 Å². The lowest BCUT2D eigenvalue weighted by molar-refractivity contribution is -0.0532. The third kappa shape index (κ3) is 9.27. The molecule has 0 aliphatic carbocycles. The van der Waals surface area contributed by atoms with E-state index in [0.29, 0.717) is 23.0 Å². The molecule has 0 heterocycles. The Morgan fingerprint density at radius 1 is 0.974 bits per heavy atom. The van der Waals surface area contributed by atoms with E-state index in [9.17, 15) is 21.6 Å². The molecule has 222 valence electrons. The number of alkyl halides is 3. The largest absolute Gasteiger partial charge is 0.534 e. The number of rotatable bonds is 13. The Hall–Kier alpha value is -1.03. The summed E-state index contributed by atoms with van der Waals surface area (Å²) in [5.41, 5.74) is -0.476. The molecule has 0 saturated carbocycles. The minimum atomic E-state index is -5.85. The van der Waals surface area contributed by atoms with Gasteiger partial charge in [-0.2, -0.15) is 21.6 Å². The SMILES string of the molecule is C=CC[C@H](C(=C)OS(=O)(=O)C(F)(F)F)[C@@H](C[C@H](C)C#C[Si](C(C)C)(C(C)C)C(C)C)O[Si](C)(C)C(C)(C)C. The Bertz CT molecular complexity index is 947. The van der Waals surface area contributed by atoms with Gasteiger partial charge >= 0.3 is 15.6 Å². The van der Waals surface area contributed by atoms with Gasteiger partial charge < -0.3 is 8.61 Å². The molecular formula is C28H51F3O4SSi2. The van der Waals surface area contributed by atoms with Gasteiger partial charge in [-0.25, -0.2) is 0 Å². The van der Waals surface area contributed by atoms with Crippen LogP contribution in [0.15, 0.2) is 25.0 Å². The fraction of sp³-hybridized carbons (Fsp3) is 0.786. The summed E-state index contributed by atoms with van der Waals surface area (Å²) in [5, 5.41) is -0.186. The molecule has 0 rings (SSSR count). The maximum atomic E-state index is 13.1. The van der Waals surface area contributed by atoms with Gasteiger partial charge in [0.05, 0.1) is 6.10 Å². The minimum absolute atomic E-state index is 0.146. The average molecular weight is 597 g/mol. The number of allylic oxidation sites excluding steroid dienone is 1. The van der Waals surface area contributed by atoms with Crippen molar-refractivity contribution in [1.29, 1.82) is 0 Å². The van der Waals surface area contributed by atoms with Crippen molar-refractivity contribution in [3.63, 3.8) is 0 Å². The first-order chi connectivity index (χ1) is 16.9.